The van der Waals surface area contributed by atoms with E-state index >= 15 is 0 Å². The van der Waals surface area contributed by atoms with Crippen LogP contribution in [0.3, 0.4) is 0 Å². The third-order valence-electron chi connectivity index (χ3n) is 4.38. The van der Waals surface area contributed by atoms with Gasteiger partial charge in [0.1, 0.15) is 0 Å². The van der Waals surface area contributed by atoms with E-state index in [2.05, 4.69) is 17.6 Å². The molecule has 1 atom stereocenters. The normalized spacial score (nSPS) is 17.2. The summed E-state index contributed by atoms with van der Waals surface area (Å²) in [5, 5.41) is 6.25. The van der Waals surface area contributed by atoms with Crippen LogP contribution in [0.4, 0.5) is 0 Å². The van der Waals surface area contributed by atoms with E-state index in [1.54, 1.807) is 0 Å². The summed E-state index contributed by atoms with van der Waals surface area (Å²) >= 11 is 0. The highest BCUT2D eigenvalue weighted by Gasteiger charge is 2.15. The van der Waals surface area contributed by atoms with Crippen molar-refractivity contribution in [2.24, 2.45) is 0 Å². The van der Waals surface area contributed by atoms with Crippen molar-refractivity contribution in [3.63, 3.8) is 0 Å². The molecule has 1 saturated heterocycles. The SMILES string of the molecule is CCCCc1ccc(C(=O)CCC(=O)NCC2CCCN2)cc1. The lowest BCUT2D eigenvalue weighted by molar-refractivity contribution is -0.121. The number of nitrogens with one attached hydrogen (secondary N) is 2. The number of aryl methyl sites for hydroxylation is 1. The number of amides is 1. The zero-order chi connectivity index (χ0) is 16.5. The number of carbonyl (C=O) groups is 2. The van der Waals surface area contributed by atoms with Gasteiger partial charge < -0.3 is 10.6 Å². The molecule has 4 nitrogen and oxygen atoms in total. The number of unbranched alkanes of at least 4 members (excludes halogenated alkanes) is 1. The van der Waals surface area contributed by atoms with Gasteiger partial charge in [0, 0.05) is 31.0 Å². The molecule has 4 heteroatoms. The van der Waals surface area contributed by atoms with Gasteiger partial charge >= 0.3 is 0 Å². The minimum Gasteiger partial charge on any atom is -0.355 e. The van der Waals surface area contributed by atoms with Crippen LogP contribution >= 0.6 is 0 Å². The molecule has 1 amide bonds. The summed E-state index contributed by atoms with van der Waals surface area (Å²) in [5.74, 6) is 0.00722. The standard InChI is InChI=1S/C19H28N2O2/c1-2-3-5-15-7-9-16(10-8-15)18(22)11-12-19(23)21-14-17-6-4-13-20-17/h7-10,17,20H,2-6,11-14H2,1H3,(H,21,23). The van der Waals surface area contributed by atoms with Gasteiger partial charge in [0.25, 0.3) is 0 Å². The molecule has 1 aromatic carbocycles. The maximum absolute atomic E-state index is 12.1. The van der Waals surface area contributed by atoms with E-state index in [1.807, 2.05) is 24.3 Å². The van der Waals surface area contributed by atoms with E-state index in [-0.39, 0.29) is 24.5 Å². The first-order chi connectivity index (χ1) is 11.2. The molecule has 0 bridgehead atoms. The number of hydrogen-bond acceptors (Lipinski definition) is 3. The van der Waals surface area contributed by atoms with Crippen LogP contribution in [0.15, 0.2) is 24.3 Å². The van der Waals surface area contributed by atoms with Gasteiger partial charge in [-0.15, -0.1) is 0 Å². The Morgan fingerprint density at radius 1 is 1.22 bits per heavy atom. The van der Waals surface area contributed by atoms with Crippen molar-refractivity contribution in [2.45, 2.75) is 57.9 Å². The van der Waals surface area contributed by atoms with Crippen LogP contribution in [0, 0.1) is 0 Å². The lowest BCUT2D eigenvalue weighted by Gasteiger charge is -2.11. The predicted molar refractivity (Wildman–Crippen MR) is 92.7 cm³/mol. The van der Waals surface area contributed by atoms with Crippen molar-refractivity contribution in [3.8, 4) is 0 Å². The Morgan fingerprint density at radius 2 is 2.00 bits per heavy atom. The first kappa shape index (κ1) is 17.7. The number of ketones is 1. The number of benzene rings is 1. The van der Waals surface area contributed by atoms with Crippen LogP contribution in [0.25, 0.3) is 0 Å². The predicted octanol–water partition coefficient (Wildman–Crippen LogP) is 2.86. The third kappa shape index (κ3) is 6.14. The summed E-state index contributed by atoms with van der Waals surface area (Å²) in [6.45, 7) is 3.87. The summed E-state index contributed by atoms with van der Waals surface area (Å²) in [6.07, 6.45) is 6.23. The Hall–Kier alpha value is -1.68. The Labute approximate surface area is 139 Å². The van der Waals surface area contributed by atoms with Crippen LogP contribution < -0.4 is 10.6 Å². The number of carbonyl (C=O) groups excluding carboxylic acids is 2. The molecule has 126 valence electrons. The number of rotatable bonds is 9. The second kappa shape index (κ2) is 9.46. The average Bonchev–Trinajstić information content (AvgIpc) is 3.10. The van der Waals surface area contributed by atoms with Crippen molar-refractivity contribution in [3.05, 3.63) is 35.4 Å². The minimum absolute atomic E-state index is 0.0355. The minimum atomic E-state index is -0.0355. The highest BCUT2D eigenvalue weighted by Crippen LogP contribution is 2.11. The molecule has 2 N–H and O–H groups in total. The number of Topliss-reactive ketones (excluding diaryl/α,β-unsaturated/α-hetero) is 1. The zero-order valence-electron chi connectivity index (χ0n) is 14.1. The summed E-state index contributed by atoms with van der Waals surface area (Å²) in [5.41, 5.74) is 1.97. The van der Waals surface area contributed by atoms with Gasteiger partial charge in [0.2, 0.25) is 5.91 Å². The lowest BCUT2D eigenvalue weighted by atomic mass is 10.0. The molecule has 0 aromatic heterocycles. The van der Waals surface area contributed by atoms with E-state index in [4.69, 9.17) is 0 Å². The fourth-order valence-electron chi connectivity index (χ4n) is 2.87. The van der Waals surface area contributed by atoms with Crippen LogP contribution in [-0.2, 0) is 11.2 Å². The molecule has 1 aliphatic heterocycles. The Balaban J connectivity index is 1.69. The molecule has 1 aromatic rings. The molecule has 1 fully saturated rings. The van der Waals surface area contributed by atoms with Gasteiger partial charge in [-0.05, 0) is 37.8 Å². The highest BCUT2D eigenvalue weighted by molar-refractivity contribution is 5.97. The first-order valence-electron chi connectivity index (χ1n) is 8.81. The van der Waals surface area contributed by atoms with Crippen LogP contribution in [-0.4, -0.2) is 30.8 Å². The van der Waals surface area contributed by atoms with E-state index in [9.17, 15) is 9.59 Å². The molecule has 1 unspecified atom stereocenters. The third-order valence-corrected chi connectivity index (χ3v) is 4.38. The van der Waals surface area contributed by atoms with Gasteiger partial charge in [0.15, 0.2) is 5.78 Å². The molecule has 2 rings (SSSR count). The van der Waals surface area contributed by atoms with Crippen molar-refractivity contribution in [1.82, 2.24) is 10.6 Å². The summed E-state index contributed by atoms with van der Waals surface area (Å²) in [4.78, 5) is 24.0. The largest absolute Gasteiger partial charge is 0.355 e. The topological polar surface area (TPSA) is 58.2 Å². The Bertz CT molecular complexity index is 505. The zero-order valence-corrected chi connectivity index (χ0v) is 14.1. The van der Waals surface area contributed by atoms with E-state index in [1.165, 1.54) is 24.8 Å². The molecule has 0 saturated carbocycles. The van der Waals surface area contributed by atoms with Gasteiger partial charge in [0.05, 0.1) is 0 Å². The monoisotopic (exact) mass is 316 g/mol. The van der Waals surface area contributed by atoms with Crippen LogP contribution in [0.5, 0.6) is 0 Å². The average molecular weight is 316 g/mol. The van der Waals surface area contributed by atoms with Crippen LogP contribution in [0.2, 0.25) is 0 Å². The van der Waals surface area contributed by atoms with Crippen LogP contribution in [0.1, 0.15) is 61.4 Å². The van der Waals surface area contributed by atoms with Crippen molar-refractivity contribution in [2.75, 3.05) is 13.1 Å². The molecule has 1 aliphatic rings. The molecular weight excluding hydrogens is 288 g/mol. The Morgan fingerprint density at radius 3 is 2.65 bits per heavy atom. The van der Waals surface area contributed by atoms with Crippen molar-refractivity contribution in [1.29, 1.82) is 0 Å². The van der Waals surface area contributed by atoms with E-state index in [0.717, 1.165) is 19.4 Å². The van der Waals surface area contributed by atoms with Gasteiger partial charge in [-0.25, -0.2) is 0 Å². The second-order valence-corrected chi connectivity index (χ2v) is 6.32. The molecule has 0 radical (unpaired) electrons. The molecule has 0 aliphatic carbocycles. The maximum Gasteiger partial charge on any atom is 0.220 e. The van der Waals surface area contributed by atoms with E-state index in [0.29, 0.717) is 18.2 Å². The fraction of sp³-hybridized carbons (Fsp3) is 0.579. The number of hydrogen-bond donors (Lipinski definition) is 2. The fourth-order valence-corrected chi connectivity index (χ4v) is 2.87. The summed E-state index contributed by atoms with van der Waals surface area (Å²) < 4.78 is 0. The van der Waals surface area contributed by atoms with Gasteiger partial charge in [-0.1, -0.05) is 37.6 Å². The molecular formula is C19H28N2O2. The maximum atomic E-state index is 12.1. The molecule has 0 spiro atoms. The lowest BCUT2D eigenvalue weighted by Crippen LogP contribution is -2.37. The second-order valence-electron chi connectivity index (χ2n) is 6.32. The van der Waals surface area contributed by atoms with Crippen molar-refractivity contribution >= 4 is 11.7 Å². The quantitative estimate of drug-likeness (QED) is 0.689. The molecule has 23 heavy (non-hydrogen) atoms. The summed E-state index contributed by atoms with van der Waals surface area (Å²) in [7, 11) is 0. The first-order valence-corrected chi connectivity index (χ1v) is 8.81. The smallest absolute Gasteiger partial charge is 0.220 e. The highest BCUT2D eigenvalue weighted by atomic mass is 16.2. The summed E-state index contributed by atoms with van der Waals surface area (Å²) in [6, 6.07) is 8.20. The van der Waals surface area contributed by atoms with Crippen molar-refractivity contribution < 1.29 is 9.59 Å². The van der Waals surface area contributed by atoms with E-state index < -0.39 is 0 Å². The van der Waals surface area contributed by atoms with Gasteiger partial charge in [-0.2, -0.15) is 0 Å². The molecule has 1 heterocycles. The van der Waals surface area contributed by atoms with Gasteiger partial charge in [-0.3, -0.25) is 9.59 Å². The Kier molecular flexibility index (Phi) is 7.27.